The molecule has 0 radical (unpaired) electrons. The van der Waals surface area contributed by atoms with E-state index in [4.69, 9.17) is 11.6 Å². The van der Waals surface area contributed by atoms with Crippen LogP contribution in [0.2, 0.25) is 5.02 Å². The number of benzene rings is 1. The molecule has 1 aliphatic rings. The third kappa shape index (κ3) is 6.40. The van der Waals surface area contributed by atoms with Crippen LogP contribution in [-0.2, 0) is 9.59 Å². The Morgan fingerprint density at radius 2 is 2.04 bits per heavy atom. The van der Waals surface area contributed by atoms with Gasteiger partial charge in [0, 0.05) is 17.6 Å². The molecule has 146 valence electrons. The second-order valence-electron chi connectivity index (χ2n) is 6.45. The van der Waals surface area contributed by atoms with Gasteiger partial charge in [-0.15, -0.1) is 0 Å². The minimum Gasteiger partial charge on any atom is -0.353 e. The summed E-state index contributed by atoms with van der Waals surface area (Å²) >= 11 is 7.22. The standard InChI is InChI=1S/C20H26ClN3O2S/c1-4-6-11-24-19(26)17(12-15-7-9-16(21)10-8-15)23-20(24)27-13-18(25)22-14(3)5-2/h7-10,12,14H,4-6,11,13H2,1-3H3,(H,22,25)/b17-12+/t14-/m1/s1. The Morgan fingerprint density at radius 1 is 1.33 bits per heavy atom. The number of carbonyl (C=O) groups is 2. The van der Waals surface area contributed by atoms with E-state index < -0.39 is 0 Å². The van der Waals surface area contributed by atoms with Crippen molar-refractivity contribution in [3.8, 4) is 0 Å². The third-order valence-corrected chi connectivity index (χ3v) is 5.40. The molecular weight excluding hydrogens is 382 g/mol. The van der Waals surface area contributed by atoms with Gasteiger partial charge in [0.05, 0.1) is 5.75 Å². The summed E-state index contributed by atoms with van der Waals surface area (Å²) in [6.07, 6.45) is 4.50. The van der Waals surface area contributed by atoms with Gasteiger partial charge in [-0.2, -0.15) is 0 Å². The number of unbranched alkanes of at least 4 members (excludes halogenated alkanes) is 1. The van der Waals surface area contributed by atoms with Crippen molar-refractivity contribution in [1.29, 1.82) is 0 Å². The Kier molecular flexibility index (Phi) is 8.38. The number of rotatable bonds is 8. The Morgan fingerprint density at radius 3 is 2.67 bits per heavy atom. The minimum absolute atomic E-state index is 0.0462. The summed E-state index contributed by atoms with van der Waals surface area (Å²) in [6.45, 7) is 6.68. The highest BCUT2D eigenvalue weighted by molar-refractivity contribution is 8.14. The number of halogens is 1. The molecule has 27 heavy (non-hydrogen) atoms. The molecule has 2 amide bonds. The molecule has 0 unspecified atom stereocenters. The van der Waals surface area contributed by atoms with Crippen molar-refractivity contribution >= 4 is 46.4 Å². The van der Waals surface area contributed by atoms with Crippen LogP contribution in [0.25, 0.3) is 6.08 Å². The zero-order valence-corrected chi connectivity index (χ0v) is 17.6. The summed E-state index contributed by atoms with van der Waals surface area (Å²) in [6, 6.07) is 7.39. The van der Waals surface area contributed by atoms with Crippen molar-refractivity contribution in [2.24, 2.45) is 4.99 Å². The smallest absolute Gasteiger partial charge is 0.278 e. The Labute approximate surface area is 170 Å². The van der Waals surface area contributed by atoms with Crippen LogP contribution in [0.1, 0.15) is 45.6 Å². The molecule has 5 nitrogen and oxygen atoms in total. The first-order chi connectivity index (χ1) is 12.9. The number of amidine groups is 1. The summed E-state index contributed by atoms with van der Waals surface area (Å²) < 4.78 is 0. The summed E-state index contributed by atoms with van der Waals surface area (Å²) in [5, 5.41) is 4.17. The number of nitrogens with one attached hydrogen (secondary N) is 1. The number of amides is 2. The fourth-order valence-corrected chi connectivity index (χ4v) is 3.38. The molecule has 1 N–H and O–H groups in total. The molecule has 7 heteroatoms. The van der Waals surface area contributed by atoms with Gasteiger partial charge < -0.3 is 5.32 Å². The molecule has 0 saturated carbocycles. The quantitative estimate of drug-likeness (QED) is 0.652. The van der Waals surface area contributed by atoms with E-state index in [1.54, 1.807) is 23.1 Å². The van der Waals surface area contributed by atoms with E-state index >= 15 is 0 Å². The molecule has 0 bridgehead atoms. The molecule has 0 spiro atoms. The van der Waals surface area contributed by atoms with Gasteiger partial charge in [-0.1, -0.05) is 55.8 Å². The van der Waals surface area contributed by atoms with Crippen LogP contribution in [-0.4, -0.2) is 40.2 Å². The maximum absolute atomic E-state index is 12.8. The Bertz CT molecular complexity index is 731. The molecule has 1 heterocycles. The second kappa shape index (κ2) is 10.5. The van der Waals surface area contributed by atoms with E-state index in [1.165, 1.54) is 11.8 Å². The first kappa shape index (κ1) is 21.5. The molecular formula is C20H26ClN3O2S. The molecule has 1 aliphatic heterocycles. The lowest BCUT2D eigenvalue weighted by Crippen LogP contribution is -2.35. The number of thioether (sulfide) groups is 1. The predicted octanol–water partition coefficient (Wildman–Crippen LogP) is 4.33. The summed E-state index contributed by atoms with van der Waals surface area (Å²) in [5.41, 5.74) is 1.25. The highest BCUT2D eigenvalue weighted by atomic mass is 35.5. The van der Waals surface area contributed by atoms with Crippen molar-refractivity contribution in [1.82, 2.24) is 10.2 Å². The number of aliphatic imine (C=N–C) groups is 1. The molecule has 1 aromatic rings. The van der Waals surface area contributed by atoms with Gasteiger partial charge >= 0.3 is 0 Å². The van der Waals surface area contributed by atoms with Gasteiger partial charge in [-0.3, -0.25) is 14.5 Å². The maximum Gasteiger partial charge on any atom is 0.278 e. The number of nitrogens with zero attached hydrogens (tertiary/aromatic N) is 2. The van der Waals surface area contributed by atoms with Crippen LogP contribution in [0.4, 0.5) is 0 Å². The topological polar surface area (TPSA) is 61.8 Å². The van der Waals surface area contributed by atoms with Gasteiger partial charge in [0.2, 0.25) is 5.91 Å². The van der Waals surface area contributed by atoms with Crippen molar-refractivity contribution in [3.05, 3.63) is 40.5 Å². The second-order valence-corrected chi connectivity index (χ2v) is 7.83. The Balaban J connectivity index is 2.13. The van der Waals surface area contributed by atoms with Gasteiger partial charge in [0.15, 0.2) is 5.17 Å². The van der Waals surface area contributed by atoms with Crippen molar-refractivity contribution < 1.29 is 9.59 Å². The van der Waals surface area contributed by atoms with Gasteiger partial charge in [0.1, 0.15) is 5.70 Å². The summed E-state index contributed by atoms with van der Waals surface area (Å²) in [5.74, 6) is 0.0751. The van der Waals surface area contributed by atoms with E-state index in [2.05, 4.69) is 17.2 Å². The molecule has 2 rings (SSSR count). The van der Waals surface area contributed by atoms with Crippen LogP contribution in [0.3, 0.4) is 0 Å². The normalized spacial score (nSPS) is 16.6. The van der Waals surface area contributed by atoms with Crippen molar-refractivity contribution in [2.75, 3.05) is 12.3 Å². The first-order valence-corrected chi connectivity index (χ1v) is 10.6. The molecule has 0 fully saturated rings. The fourth-order valence-electron chi connectivity index (χ4n) is 2.42. The predicted molar refractivity (Wildman–Crippen MR) is 114 cm³/mol. The third-order valence-electron chi connectivity index (χ3n) is 4.17. The van der Waals surface area contributed by atoms with E-state index in [-0.39, 0.29) is 23.6 Å². The zero-order chi connectivity index (χ0) is 19.8. The lowest BCUT2D eigenvalue weighted by Gasteiger charge is -2.17. The average molecular weight is 408 g/mol. The maximum atomic E-state index is 12.8. The highest BCUT2D eigenvalue weighted by Gasteiger charge is 2.30. The molecule has 0 aromatic heterocycles. The largest absolute Gasteiger partial charge is 0.353 e. The number of hydrogen-bond acceptors (Lipinski definition) is 4. The fraction of sp³-hybridized carbons (Fsp3) is 0.450. The SMILES string of the molecule is CCCCN1C(=O)/C(=C\c2ccc(Cl)cc2)N=C1SCC(=O)N[C@H](C)CC. The first-order valence-electron chi connectivity index (χ1n) is 9.24. The molecule has 0 aliphatic carbocycles. The van der Waals surface area contributed by atoms with Crippen molar-refractivity contribution in [3.63, 3.8) is 0 Å². The van der Waals surface area contributed by atoms with Gasteiger partial charge in [-0.05, 0) is 43.5 Å². The zero-order valence-electron chi connectivity index (χ0n) is 16.0. The van der Waals surface area contributed by atoms with Gasteiger partial charge in [-0.25, -0.2) is 4.99 Å². The van der Waals surface area contributed by atoms with Crippen LogP contribution < -0.4 is 5.32 Å². The monoisotopic (exact) mass is 407 g/mol. The summed E-state index contributed by atoms with van der Waals surface area (Å²) in [7, 11) is 0. The molecule has 1 atom stereocenters. The van der Waals surface area contributed by atoms with Crippen LogP contribution >= 0.6 is 23.4 Å². The molecule has 1 aromatic carbocycles. The number of hydrogen-bond donors (Lipinski definition) is 1. The van der Waals surface area contributed by atoms with Crippen LogP contribution in [0, 0.1) is 0 Å². The van der Waals surface area contributed by atoms with E-state index in [0.717, 1.165) is 24.8 Å². The molecule has 0 saturated heterocycles. The van der Waals surface area contributed by atoms with Crippen LogP contribution in [0.15, 0.2) is 35.0 Å². The minimum atomic E-state index is -0.122. The lowest BCUT2D eigenvalue weighted by atomic mass is 10.2. The van der Waals surface area contributed by atoms with Crippen LogP contribution in [0.5, 0.6) is 0 Å². The van der Waals surface area contributed by atoms with E-state index in [9.17, 15) is 9.59 Å². The Hall–Kier alpha value is -1.79. The van der Waals surface area contributed by atoms with Gasteiger partial charge in [0.25, 0.3) is 5.91 Å². The van der Waals surface area contributed by atoms with E-state index in [0.29, 0.717) is 22.4 Å². The van der Waals surface area contributed by atoms with Crippen molar-refractivity contribution in [2.45, 2.75) is 46.1 Å². The lowest BCUT2D eigenvalue weighted by molar-refractivity contribution is -0.122. The summed E-state index contributed by atoms with van der Waals surface area (Å²) in [4.78, 5) is 31.0. The highest BCUT2D eigenvalue weighted by Crippen LogP contribution is 2.25. The van der Waals surface area contributed by atoms with E-state index in [1.807, 2.05) is 26.0 Å². The average Bonchev–Trinajstić information content (AvgIpc) is 2.95. The number of carbonyl (C=O) groups excluding carboxylic acids is 2.